The molecule has 0 amide bonds. The van der Waals surface area contributed by atoms with Crippen LogP contribution in [-0.4, -0.2) is 40.5 Å². The lowest BCUT2D eigenvalue weighted by Gasteiger charge is -2.27. The number of carboxylic acid groups (broad SMARTS) is 1. The maximum absolute atomic E-state index is 13.2. The Bertz CT molecular complexity index is 654. The van der Waals surface area contributed by atoms with E-state index in [1.54, 1.807) is 0 Å². The summed E-state index contributed by atoms with van der Waals surface area (Å²) in [4.78, 5) is 24.7. The number of alkyl halides is 3. The fourth-order valence-corrected chi connectivity index (χ4v) is 3.79. The molecule has 1 fully saturated rings. The van der Waals surface area contributed by atoms with Crippen molar-refractivity contribution in [2.75, 3.05) is 6.54 Å². The van der Waals surface area contributed by atoms with Crippen molar-refractivity contribution < 1.29 is 27.9 Å². The van der Waals surface area contributed by atoms with Crippen LogP contribution >= 0.6 is 0 Å². The lowest BCUT2D eigenvalue weighted by atomic mass is 9.93. The summed E-state index contributed by atoms with van der Waals surface area (Å²) in [7, 11) is 0. The highest BCUT2D eigenvalue weighted by molar-refractivity contribution is 6.08. The molecule has 0 saturated heterocycles. The second kappa shape index (κ2) is 6.11. The molecule has 1 N–H and O–H groups in total. The quantitative estimate of drug-likeness (QED) is 0.853. The number of aliphatic carboxylic acids is 1. The number of carboxylic acids is 1. The lowest BCUT2D eigenvalue weighted by molar-refractivity contribution is -0.142. The van der Waals surface area contributed by atoms with Gasteiger partial charge in [0.25, 0.3) is 0 Å². The van der Waals surface area contributed by atoms with Crippen molar-refractivity contribution in [1.29, 1.82) is 0 Å². The van der Waals surface area contributed by atoms with Gasteiger partial charge in [-0.25, -0.2) is 4.79 Å². The molecule has 0 unspecified atom stereocenters. The first-order valence-corrected chi connectivity index (χ1v) is 8.01. The Morgan fingerprint density at radius 3 is 2.54 bits per heavy atom. The van der Waals surface area contributed by atoms with E-state index in [-0.39, 0.29) is 17.7 Å². The molecule has 3 rings (SSSR count). The zero-order chi connectivity index (χ0) is 17.5. The summed E-state index contributed by atoms with van der Waals surface area (Å²) >= 11 is 0. The molecule has 1 atom stereocenters. The maximum Gasteiger partial charge on any atom is 0.420 e. The van der Waals surface area contributed by atoms with Gasteiger partial charge in [0.15, 0.2) is 5.78 Å². The number of hydrogen-bond acceptors (Lipinski definition) is 3. The molecule has 1 heterocycles. The standard InChI is InChI=1S/C17H18F3NO3/c18-17(19,20)15-12-9-21(8-11(12)5-6-14(15)22)13(16(23)24)7-10-3-1-2-4-10/h5-6,8,10,13H,1-4,7,9H2,(H,23,24)/t13-/m0/s1. The van der Waals surface area contributed by atoms with Gasteiger partial charge in [0.2, 0.25) is 0 Å². The monoisotopic (exact) mass is 341 g/mol. The first-order chi connectivity index (χ1) is 11.3. The maximum atomic E-state index is 13.2. The average Bonchev–Trinajstić information content (AvgIpc) is 3.11. The highest BCUT2D eigenvalue weighted by Gasteiger charge is 2.44. The predicted octanol–water partition coefficient (Wildman–Crippen LogP) is 3.22. The van der Waals surface area contributed by atoms with Crippen molar-refractivity contribution in [1.82, 2.24) is 4.90 Å². The van der Waals surface area contributed by atoms with Gasteiger partial charge < -0.3 is 10.0 Å². The molecular formula is C17H18F3NO3. The normalized spacial score (nSPS) is 22.9. The van der Waals surface area contributed by atoms with Gasteiger partial charge in [0, 0.05) is 12.7 Å². The summed E-state index contributed by atoms with van der Waals surface area (Å²) in [6.07, 6.45) is 3.42. The SMILES string of the molecule is O=C1C=CC2=CN([C@@H](CC3CCCC3)C(=O)O)CC2=C1C(F)(F)F. The molecule has 24 heavy (non-hydrogen) atoms. The first-order valence-electron chi connectivity index (χ1n) is 8.01. The molecule has 1 aliphatic heterocycles. The largest absolute Gasteiger partial charge is 0.480 e. The summed E-state index contributed by atoms with van der Waals surface area (Å²) in [6.45, 7) is -0.191. The van der Waals surface area contributed by atoms with Crippen LogP contribution in [0.5, 0.6) is 0 Å². The highest BCUT2D eigenvalue weighted by atomic mass is 19.4. The van der Waals surface area contributed by atoms with Gasteiger partial charge in [-0.3, -0.25) is 4.79 Å². The zero-order valence-electron chi connectivity index (χ0n) is 13.0. The first kappa shape index (κ1) is 16.8. The van der Waals surface area contributed by atoms with E-state index in [9.17, 15) is 27.9 Å². The molecule has 3 aliphatic rings. The fourth-order valence-electron chi connectivity index (χ4n) is 3.79. The van der Waals surface area contributed by atoms with E-state index in [1.807, 2.05) is 0 Å². The summed E-state index contributed by atoms with van der Waals surface area (Å²) in [5, 5.41) is 9.51. The van der Waals surface area contributed by atoms with E-state index < -0.39 is 29.5 Å². The summed E-state index contributed by atoms with van der Waals surface area (Å²) in [5.74, 6) is -1.82. The number of halogens is 3. The van der Waals surface area contributed by atoms with Crippen molar-refractivity contribution in [3.8, 4) is 0 Å². The molecule has 7 heteroatoms. The van der Waals surface area contributed by atoms with Crippen molar-refractivity contribution in [2.24, 2.45) is 5.92 Å². The van der Waals surface area contributed by atoms with Crippen LogP contribution in [0.3, 0.4) is 0 Å². The zero-order valence-corrected chi connectivity index (χ0v) is 13.0. The molecule has 2 aliphatic carbocycles. The Labute approximate surface area is 137 Å². The average molecular weight is 341 g/mol. The Hall–Kier alpha value is -2.05. The number of rotatable bonds is 4. The van der Waals surface area contributed by atoms with Gasteiger partial charge in [-0.2, -0.15) is 13.2 Å². The third-order valence-electron chi connectivity index (χ3n) is 4.96. The summed E-state index contributed by atoms with van der Waals surface area (Å²) in [5.41, 5.74) is -1.02. The van der Waals surface area contributed by atoms with Crippen LogP contribution < -0.4 is 0 Å². The molecule has 0 aromatic carbocycles. The highest BCUT2D eigenvalue weighted by Crippen LogP contribution is 2.39. The van der Waals surface area contributed by atoms with Crippen LogP contribution in [0.2, 0.25) is 0 Å². The minimum atomic E-state index is -4.74. The Balaban J connectivity index is 1.87. The Morgan fingerprint density at radius 2 is 1.96 bits per heavy atom. The van der Waals surface area contributed by atoms with Gasteiger partial charge in [-0.15, -0.1) is 0 Å². The third kappa shape index (κ3) is 3.12. The Kier molecular flexibility index (Phi) is 4.27. The number of allylic oxidation sites excluding steroid dienone is 3. The van der Waals surface area contributed by atoms with Gasteiger partial charge in [0.1, 0.15) is 11.6 Å². The number of fused-ring (bicyclic) bond motifs is 1. The molecular weight excluding hydrogens is 323 g/mol. The molecule has 0 radical (unpaired) electrons. The summed E-state index contributed by atoms with van der Waals surface area (Å²) in [6, 6.07) is -0.864. The number of carbonyl (C=O) groups is 2. The number of nitrogens with zero attached hydrogens (tertiary/aromatic N) is 1. The fraction of sp³-hybridized carbons (Fsp3) is 0.529. The van der Waals surface area contributed by atoms with E-state index >= 15 is 0 Å². The number of hydrogen-bond donors (Lipinski definition) is 1. The van der Waals surface area contributed by atoms with Crippen LogP contribution in [-0.2, 0) is 9.59 Å². The summed E-state index contributed by atoms with van der Waals surface area (Å²) < 4.78 is 39.5. The number of carbonyl (C=O) groups excluding carboxylic acids is 1. The predicted molar refractivity (Wildman–Crippen MR) is 80.0 cm³/mol. The molecule has 4 nitrogen and oxygen atoms in total. The van der Waals surface area contributed by atoms with Crippen LogP contribution in [0, 0.1) is 5.92 Å². The van der Waals surface area contributed by atoms with Gasteiger partial charge >= 0.3 is 12.1 Å². The van der Waals surface area contributed by atoms with Gasteiger partial charge in [0.05, 0.1) is 0 Å². The van der Waals surface area contributed by atoms with E-state index in [0.717, 1.165) is 31.8 Å². The minimum absolute atomic E-state index is 0.118. The molecule has 0 aromatic rings. The molecule has 0 aromatic heterocycles. The van der Waals surface area contributed by atoms with Crippen molar-refractivity contribution in [2.45, 2.75) is 44.3 Å². The topological polar surface area (TPSA) is 57.6 Å². The van der Waals surface area contributed by atoms with E-state index in [0.29, 0.717) is 12.3 Å². The van der Waals surface area contributed by atoms with Crippen LogP contribution in [0.15, 0.2) is 35.1 Å². The van der Waals surface area contributed by atoms with E-state index in [1.165, 1.54) is 17.2 Å². The van der Waals surface area contributed by atoms with Gasteiger partial charge in [-0.05, 0) is 35.6 Å². The Morgan fingerprint density at radius 1 is 1.29 bits per heavy atom. The second-order valence-electron chi connectivity index (χ2n) is 6.55. The van der Waals surface area contributed by atoms with Crippen LogP contribution in [0.4, 0.5) is 13.2 Å². The van der Waals surface area contributed by atoms with Crippen molar-refractivity contribution in [3.05, 3.63) is 35.1 Å². The van der Waals surface area contributed by atoms with Crippen LogP contribution in [0.25, 0.3) is 0 Å². The molecule has 130 valence electrons. The smallest absolute Gasteiger partial charge is 0.420 e. The van der Waals surface area contributed by atoms with Crippen LogP contribution in [0.1, 0.15) is 32.1 Å². The third-order valence-corrected chi connectivity index (χ3v) is 4.96. The molecule has 0 bridgehead atoms. The second-order valence-corrected chi connectivity index (χ2v) is 6.55. The van der Waals surface area contributed by atoms with Crippen molar-refractivity contribution >= 4 is 11.8 Å². The number of ketones is 1. The minimum Gasteiger partial charge on any atom is -0.480 e. The molecule has 1 saturated carbocycles. The van der Waals surface area contributed by atoms with E-state index in [2.05, 4.69) is 0 Å². The molecule has 0 spiro atoms. The lowest BCUT2D eigenvalue weighted by Crippen LogP contribution is -2.38. The van der Waals surface area contributed by atoms with Crippen molar-refractivity contribution in [3.63, 3.8) is 0 Å². The van der Waals surface area contributed by atoms with E-state index in [4.69, 9.17) is 0 Å². The van der Waals surface area contributed by atoms with Gasteiger partial charge in [-0.1, -0.05) is 25.7 Å².